The van der Waals surface area contributed by atoms with E-state index in [1.165, 1.54) is 6.08 Å². The fourth-order valence-corrected chi connectivity index (χ4v) is 2.02. The van der Waals surface area contributed by atoms with E-state index in [-0.39, 0.29) is 5.41 Å². The third kappa shape index (κ3) is 4.81. The summed E-state index contributed by atoms with van der Waals surface area (Å²) in [6.07, 6.45) is 8.31. The van der Waals surface area contributed by atoms with Crippen molar-refractivity contribution in [3.63, 3.8) is 0 Å². The Morgan fingerprint density at radius 1 is 1.33 bits per heavy atom. The fraction of sp³-hybridized carbons (Fsp3) is 0.278. The summed E-state index contributed by atoms with van der Waals surface area (Å²) >= 11 is 0. The van der Waals surface area contributed by atoms with Crippen molar-refractivity contribution in [2.24, 2.45) is 5.41 Å². The summed E-state index contributed by atoms with van der Waals surface area (Å²) in [6, 6.07) is 5.83. The number of imidazole rings is 1. The second-order valence-electron chi connectivity index (χ2n) is 6.53. The predicted octanol–water partition coefficient (Wildman–Crippen LogP) is 2.66. The highest BCUT2D eigenvalue weighted by molar-refractivity contribution is 5.97. The number of nitrogens with zero attached hydrogens (tertiary/aromatic N) is 2. The van der Waals surface area contributed by atoms with Crippen molar-refractivity contribution < 1.29 is 14.7 Å². The second-order valence-corrected chi connectivity index (χ2v) is 6.53. The molecule has 6 heteroatoms. The lowest BCUT2D eigenvalue weighted by atomic mass is 9.95. The van der Waals surface area contributed by atoms with Crippen LogP contribution in [0.15, 0.2) is 55.1 Å². The molecule has 0 saturated heterocycles. The van der Waals surface area contributed by atoms with Gasteiger partial charge < -0.3 is 15.0 Å². The summed E-state index contributed by atoms with van der Waals surface area (Å²) in [5.41, 5.74) is 0.994. The summed E-state index contributed by atoms with van der Waals surface area (Å²) in [5.74, 6) is -1.54. The van der Waals surface area contributed by atoms with Crippen LogP contribution in [0.3, 0.4) is 0 Å². The molecule has 126 valence electrons. The first-order valence-electron chi connectivity index (χ1n) is 7.58. The van der Waals surface area contributed by atoms with Crippen molar-refractivity contribution in [2.75, 3.05) is 0 Å². The van der Waals surface area contributed by atoms with Crippen LogP contribution < -0.4 is 5.32 Å². The minimum Gasteiger partial charge on any atom is -0.479 e. The number of aromatic nitrogens is 2. The molecule has 0 spiro atoms. The van der Waals surface area contributed by atoms with E-state index < -0.39 is 17.9 Å². The number of hydrogen-bond acceptors (Lipinski definition) is 3. The average Bonchev–Trinajstić information content (AvgIpc) is 3.04. The van der Waals surface area contributed by atoms with Crippen LogP contribution >= 0.6 is 0 Å². The summed E-state index contributed by atoms with van der Waals surface area (Å²) in [6.45, 7) is 5.87. The molecule has 0 saturated carbocycles. The van der Waals surface area contributed by atoms with Crippen molar-refractivity contribution in [1.29, 1.82) is 0 Å². The van der Waals surface area contributed by atoms with Gasteiger partial charge in [0.15, 0.2) is 0 Å². The molecule has 0 aliphatic rings. The van der Waals surface area contributed by atoms with Gasteiger partial charge in [-0.25, -0.2) is 9.78 Å². The predicted molar refractivity (Wildman–Crippen MR) is 91.0 cm³/mol. The van der Waals surface area contributed by atoms with Gasteiger partial charge in [-0.2, -0.15) is 0 Å². The van der Waals surface area contributed by atoms with Crippen molar-refractivity contribution in [2.45, 2.75) is 26.8 Å². The number of benzene rings is 1. The third-order valence-corrected chi connectivity index (χ3v) is 3.25. The Balaban J connectivity index is 2.17. The van der Waals surface area contributed by atoms with Gasteiger partial charge in [0.25, 0.3) is 5.91 Å². The average molecular weight is 327 g/mol. The maximum atomic E-state index is 12.4. The number of carboxylic acids is 1. The molecule has 0 bridgehead atoms. The number of rotatable bonds is 5. The molecule has 1 atom stereocenters. The zero-order chi connectivity index (χ0) is 17.7. The van der Waals surface area contributed by atoms with Gasteiger partial charge in [-0.05, 0) is 23.6 Å². The maximum absolute atomic E-state index is 12.4. The monoisotopic (exact) mass is 327 g/mol. The minimum atomic E-state index is -1.10. The molecule has 0 radical (unpaired) electrons. The Kier molecular flexibility index (Phi) is 5.18. The summed E-state index contributed by atoms with van der Waals surface area (Å²) in [4.78, 5) is 27.7. The molecule has 0 fully saturated rings. The van der Waals surface area contributed by atoms with Gasteiger partial charge in [0, 0.05) is 23.6 Å². The molecule has 1 heterocycles. The van der Waals surface area contributed by atoms with Crippen LogP contribution in [0.4, 0.5) is 0 Å². The lowest BCUT2D eigenvalue weighted by Gasteiger charge is -2.15. The van der Waals surface area contributed by atoms with E-state index in [1.807, 2.05) is 26.8 Å². The lowest BCUT2D eigenvalue weighted by Crippen LogP contribution is -2.39. The highest BCUT2D eigenvalue weighted by Crippen LogP contribution is 2.15. The van der Waals surface area contributed by atoms with Crippen molar-refractivity contribution in [1.82, 2.24) is 14.9 Å². The van der Waals surface area contributed by atoms with Crippen LogP contribution in [0.2, 0.25) is 0 Å². The first-order valence-corrected chi connectivity index (χ1v) is 7.58. The summed E-state index contributed by atoms with van der Waals surface area (Å²) < 4.78 is 1.77. The SMILES string of the molecule is CC(C)(C)/C=C/[C@@H](NC(=O)c1cccc(-n2ccnc2)c1)C(=O)O. The van der Waals surface area contributed by atoms with Crippen LogP contribution in [-0.4, -0.2) is 32.6 Å². The van der Waals surface area contributed by atoms with E-state index in [9.17, 15) is 14.7 Å². The Bertz CT molecular complexity index is 743. The standard InChI is InChI=1S/C18H21N3O3/c1-18(2,3)8-7-15(17(23)24)20-16(22)13-5-4-6-14(11-13)21-10-9-19-12-21/h4-12,15H,1-3H3,(H,20,22)(H,23,24)/b8-7+/t15-/m1/s1. The zero-order valence-corrected chi connectivity index (χ0v) is 13.9. The molecule has 0 aliphatic heterocycles. The van der Waals surface area contributed by atoms with Gasteiger partial charge >= 0.3 is 5.97 Å². The second kappa shape index (κ2) is 7.12. The van der Waals surface area contributed by atoms with Crippen LogP contribution in [0.1, 0.15) is 31.1 Å². The maximum Gasteiger partial charge on any atom is 0.330 e. The number of amides is 1. The van der Waals surface area contributed by atoms with Gasteiger partial charge in [0.2, 0.25) is 0 Å². The Hall–Kier alpha value is -2.89. The van der Waals surface area contributed by atoms with Crippen molar-refractivity contribution in [3.8, 4) is 5.69 Å². The van der Waals surface area contributed by atoms with E-state index >= 15 is 0 Å². The lowest BCUT2D eigenvalue weighted by molar-refractivity contribution is -0.137. The quantitative estimate of drug-likeness (QED) is 0.827. The van der Waals surface area contributed by atoms with Gasteiger partial charge in [-0.15, -0.1) is 0 Å². The highest BCUT2D eigenvalue weighted by atomic mass is 16.4. The van der Waals surface area contributed by atoms with Crippen LogP contribution in [-0.2, 0) is 4.79 Å². The van der Waals surface area contributed by atoms with Gasteiger partial charge in [0.1, 0.15) is 6.04 Å². The largest absolute Gasteiger partial charge is 0.479 e. The highest BCUT2D eigenvalue weighted by Gasteiger charge is 2.19. The molecule has 1 aromatic heterocycles. The molecule has 6 nitrogen and oxygen atoms in total. The number of nitrogens with one attached hydrogen (secondary N) is 1. The van der Waals surface area contributed by atoms with E-state index in [1.54, 1.807) is 47.6 Å². The molecular weight excluding hydrogens is 306 g/mol. The molecule has 1 aromatic carbocycles. The molecule has 0 aliphatic carbocycles. The Labute approximate surface area is 140 Å². The van der Waals surface area contributed by atoms with Crippen molar-refractivity contribution >= 4 is 11.9 Å². The van der Waals surface area contributed by atoms with Crippen molar-refractivity contribution in [3.05, 3.63) is 60.7 Å². The first kappa shape index (κ1) is 17.5. The van der Waals surface area contributed by atoms with Crippen LogP contribution in [0.5, 0.6) is 0 Å². The normalized spacial score (nSPS) is 13.0. The smallest absolute Gasteiger partial charge is 0.330 e. The molecule has 0 unspecified atom stereocenters. The third-order valence-electron chi connectivity index (χ3n) is 3.25. The number of hydrogen-bond donors (Lipinski definition) is 2. The summed E-state index contributed by atoms with van der Waals surface area (Å²) in [7, 11) is 0. The summed E-state index contributed by atoms with van der Waals surface area (Å²) in [5, 5.41) is 11.8. The number of allylic oxidation sites excluding steroid dienone is 1. The molecule has 2 aromatic rings. The number of aliphatic carboxylic acids is 1. The molecule has 1 amide bonds. The van der Waals surface area contributed by atoms with E-state index in [2.05, 4.69) is 10.3 Å². The van der Waals surface area contributed by atoms with E-state index in [0.717, 1.165) is 5.69 Å². The number of carboxylic acid groups (broad SMARTS) is 1. The fourth-order valence-electron chi connectivity index (χ4n) is 2.02. The van der Waals surface area contributed by atoms with Crippen LogP contribution in [0, 0.1) is 5.41 Å². The first-order chi connectivity index (χ1) is 11.3. The van der Waals surface area contributed by atoms with Gasteiger partial charge in [0.05, 0.1) is 6.33 Å². The Morgan fingerprint density at radius 2 is 2.08 bits per heavy atom. The topological polar surface area (TPSA) is 84.2 Å². The number of carbonyl (C=O) groups is 2. The molecule has 2 rings (SSSR count). The zero-order valence-electron chi connectivity index (χ0n) is 13.9. The van der Waals surface area contributed by atoms with Gasteiger partial charge in [-0.1, -0.05) is 39.0 Å². The molecule has 2 N–H and O–H groups in total. The number of carbonyl (C=O) groups excluding carboxylic acids is 1. The Morgan fingerprint density at radius 3 is 2.67 bits per heavy atom. The van der Waals surface area contributed by atoms with E-state index in [4.69, 9.17) is 0 Å². The molecular formula is C18H21N3O3. The minimum absolute atomic E-state index is 0.167. The molecule has 24 heavy (non-hydrogen) atoms. The van der Waals surface area contributed by atoms with E-state index in [0.29, 0.717) is 5.56 Å². The van der Waals surface area contributed by atoms with Crippen LogP contribution in [0.25, 0.3) is 5.69 Å². The van der Waals surface area contributed by atoms with Gasteiger partial charge in [-0.3, -0.25) is 4.79 Å².